The lowest BCUT2D eigenvalue weighted by molar-refractivity contribution is -0.0451. The molecule has 0 aliphatic carbocycles. The van der Waals surface area contributed by atoms with E-state index in [0.717, 1.165) is 13.0 Å². The van der Waals surface area contributed by atoms with Crippen molar-refractivity contribution in [3.63, 3.8) is 0 Å². The van der Waals surface area contributed by atoms with Crippen LogP contribution in [0.25, 0.3) is 0 Å². The van der Waals surface area contributed by atoms with Gasteiger partial charge in [-0.15, -0.1) is 0 Å². The summed E-state index contributed by atoms with van der Waals surface area (Å²) < 4.78 is 15.5. The van der Waals surface area contributed by atoms with Crippen LogP contribution in [0.2, 0.25) is 0 Å². The highest BCUT2D eigenvalue weighted by atomic mass is 16.5. The van der Waals surface area contributed by atoms with E-state index in [0.29, 0.717) is 19.8 Å². The first kappa shape index (κ1) is 21.1. The summed E-state index contributed by atoms with van der Waals surface area (Å²) in [5.41, 5.74) is 0. The second kappa shape index (κ2) is 15.9. The molecule has 0 aromatic heterocycles. The van der Waals surface area contributed by atoms with Gasteiger partial charge in [0, 0.05) is 13.2 Å². The maximum absolute atomic E-state index is 8.66. The molecule has 3 unspecified atom stereocenters. The zero-order valence-electron chi connectivity index (χ0n) is 13.1. The molecule has 3 atom stereocenters. The van der Waals surface area contributed by atoms with Crippen LogP contribution < -0.4 is 0 Å². The standard InChI is InChI=1S/C9H20O3.C5H12O2/c1-4-5-11-9(3)7-12-8(2)6-10;1-3-7-4-5(2)6/h8-10H,4-7H2,1-3H3;5-6H,3-4H2,1-2H3. The summed E-state index contributed by atoms with van der Waals surface area (Å²) in [6.45, 7) is 12.0. The number of hydrogen-bond donors (Lipinski definition) is 2. The second-order valence-corrected chi connectivity index (χ2v) is 4.52. The molecule has 0 fully saturated rings. The van der Waals surface area contributed by atoms with Crippen molar-refractivity contribution in [3.05, 3.63) is 0 Å². The molecule has 5 nitrogen and oxygen atoms in total. The second-order valence-electron chi connectivity index (χ2n) is 4.52. The molecule has 0 bridgehead atoms. The van der Waals surface area contributed by atoms with E-state index in [-0.39, 0.29) is 24.9 Å². The molecule has 0 radical (unpaired) electrons. The SMILES string of the molecule is CCCOC(C)COC(C)CO.CCOCC(C)O. The van der Waals surface area contributed by atoms with Crippen LogP contribution in [0.3, 0.4) is 0 Å². The lowest BCUT2D eigenvalue weighted by Crippen LogP contribution is -2.22. The highest BCUT2D eigenvalue weighted by molar-refractivity contribution is 4.50. The van der Waals surface area contributed by atoms with E-state index in [1.165, 1.54) is 0 Å². The first-order valence-corrected chi connectivity index (χ1v) is 7.07. The summed E-state index contributed by atoms with van der Waals surface area (Å²) in [5, 5.41) is 17.2. The van der Waals surface area contributed by atoms with Gasteiger partial charge in [-0.25, -0.2) is 0 Å². The van der Waals surface area contributed by atoms with Gasteiger partial charge in [-0.3, -0.25) is 0 Å². The zero-order valence-corrected chi connectivity index (χ0v) is 13.1. The first-order chi connectivity index (χ1) is 8.97. The van der Waals surface area contributed by atoms with E-state index in [2.05, 4.69) is 6.92 Å². The van der Waals surface area contributed by atoms with Crippen LogP contribution in [0.15, 0.2) is 0 Å². The Balaban J connectivity index is 0. The molecular weight excluding hydrogens is 248 g/mol. The zero-order chi connectivity index (χ0) is 15.1. The Labute approximate surface area is 117 Å². The molecule has 0 saturated carbocycles. The summed E-state index contributed by atoms with van der Waals surface area (Å²) in [4.78, 5) is 0. The minimum absolute atomic E-state index is 0.0699. The summed E-state index contributed by atoms with van der Waals surface area (Å²) in [7, 11) is 0. The Morgan fingerprint density at radius 1 is 0.947 bits per heavy atom. The maximum Gasteiger partial charge on any atom is 0.0780 e. The Bertz CT molecular complexity index is 164. The molecule has 0 amide bonds. The maximum atomic E-state index is 8.66. The molecule has 0 aliphatic heterocycles. The van der Waals surface area contributed by atoms with E-state index >= 15 is 0 Å². The minimum Gasteiger partial charge on any atom is -0.394 e. The lowest BCUT2D eigenvalue weighted by atomic mass is 10.4. The molecule has 0 spiro atoms. The average Bonchev–Trinajstić information content (AvgIpc) is 2.40. The van der Waals surface area contributed by atoms with Crippen LogP contribution in [0, 0.1) is 0 Å². The Hall–Kier alpha value is -0.200. The normalized spacial score (nSPS) is 15.3. The van der Waals surface area contributed by atoms with E-state index in [4.69, 9.17) is 24.4 Å². The van der Waals surface area contributed by atoms with Crippen molar-refractivity contribution in [1.29, 1.82) is 0 Å². The molecule has 19 heavy (non-hydrogen) atoms. The van der Waals surface area contributed by atoms with E-state index < -0.39 is 0 Å². The van der Waals surface area contributed by atoms with Crippen LogP contribution in [-0.2, 0) is 14.2 Å². The fourth-order valence-corrected chi connectivity index (χ4v) is 1.01. The van der Waals surface area contributed by atoms with Crippen molar-refractivity contribution in [1.82, 2.24) is 0 Å². The molecule has 0 heterocycles. The highest BCUT2D eigenvalue weighted by Crippen LogP contribution is 1.96. The molecule has 118 valence electrons. The Kier molecular flexibility index (Phi) is 17.6. The van der Waals surface area contributed by atoms with E-state index in [1.54, 1.807) is 6.92 Å². The summed E-state index contributed by atoms with van der Waals surface area (Å²) in [6, 6.07) is 0. The van der Waals surface area contributed by atoms with Crippen molar-refractivity contribution in [2.45, 2.75) is 59.4 Å². The summed E-state index contributed by atoms with van der Waals surface area (Å²) in [5.74, 6) is 0. The van der Waals surface area contributed by atoms with Gasteiger partial charge in [0.2, 0.25) is 0 Å². The van der Waals surface area contributed by atoms with Crippen molar-refractivity contribution in [3.8, 4) is 0 Å². The molecule has 0 aliphatic rings. The third kappa shape index (κ3) is 20.3. The van der Waals surface area contributed by atoms with Crippen LogP contribution in [0.1, 0.15) is 41.0 Å². The first-order valence-electron chi connectivity index (χ1n) is 7.07. The third-order valence-electron chi connectivity index (χ3n) is 2.04. The van der Waals surface area contributed by atoms with Crippen molar-refractivity contribution >= 4 is 0 Å². The van der Waals surface area contributed by atoms with Crippen molar-refractivity contribution in [2.24, 2.45) is 0 Å². The van der Waals surface area contributed by atoms with Gasteiger partial charge in [-0.2, -0.15) is 0 Å². The van der Waals surface area contributed by atoms with Crippen LogP contribution >= 0.6 is 0 Å². The smallest absolute Gasteiger partial charge is 0.0780 e. The monoisotopic (exact) mass is 280 g/mol. The number of rotatable bonds is 10. The molecule has 0 aromatic rings. The molecule has 0 rings (SSSR count). The lowest BCUT2D eigenvalue weighted by Gasteiger charge is -2.15. The van der Waals surface area contributed by atoms with Gasteiger partial charge in [-0.1, -0.05) is 6.92 Å². The average molecular weight is 280 g/mol. The Morgan fingerprint density at radius 3 is 1.95 bits per heavy atom. The molecule has 0 aromatic carbocycles. The van der Waals surface area contributed by atoms with Gasteiger partial charge in [0.1, 0.15) is 0 Å². The fraction of sp³-hybridized carbons (Fsp3) is 1.00. The highest BCUT2D eigenvalue weighted by Gasteiger charge is 2.04. The largest absolute Gasteiger partial charge is 0.394 e. The van der Waals surface area contributed by atoms with E-state index in [9.17, 15) is 0 Å². The van der Waals surface area contributed by atoms with Crippen LogP contribution in [0.5, 0.6) is 0 Å². The minimum atomic E-state index is -0.319. The van der Waals surface area contributed by atoms with E-state index in [1.807, 2.05) is 20.8 Å². The number of ether oxygens (including phenoxy) is 3. The number of aliphatic hydroxyl groups excluding tert-OH is 2. The van der Waals surface area contributed by atoms with Gasteiger partial charge in [0.25, 0.3) is 0 Å². The number of hydrogen-bond acceptors (Lipinski definition) is 5. The molecule has 2 N–H and O–H groups in total. The third-order valence-corrected chi connectivity index (χ3v) is 2.04. The fourth-order valence-electron chi connectivity index (χ4n) is 1.01. The topological polar surface area (TPSA) is 68.2 Å². The van der Waals surface area contributed by atoms with Gasteiger partial charge < -0.3 is 24.4 Å². The van der Waals surface area contributed by atoms with Gasteiger partial charge >= 0.3 is 0 Å². The Morgan fingerprint density at radius 2 is 1.58 bits per heavy atom. The predicted molar refractivity (Wildman–Crippen MR) is 76.4 cm³/mol. The molecular formula is C14H32O5. The quantitative estimate of drug-likeness (QED) is 0.636. The summed E-state index contributed by atoms with van der Waals surface area (Å²) >= 11 is 0. The van der Waals surface area contributed by atoms with Gasteiger partial charge in [-0.05, 0) is 34.1 Å². The van der Waals surface area contributed by atoms with Crippen LogP contribution in [0.4, 0.5) is 0 Å². The van der Waals surface area contributed by atoms with Crippen molar-refractivity contribution < 1.29 is 24.4 Å². The van der Waals surface area contributed by atoms with Crippen LogP contribution in [-0.4, -0.2) is 61.6 Å². The van der Waals surface area contributed by atoms with Gasteiger partial charge in [0.05, 0.1) is 38.1 Å². The molecule has 0 saturated heterocycles. The van der Waals surface area contributed by atoms with Gasteiger partial charge in [0.15, 0.2) is 0 Å². The predicted octanol–water partition coefficient (Wildman–Crippen LogP) is 1.60. The van der Waals surface area contributed by atoms with Crippen molar-refractivity contribution in [2.75, 3.05) is 33.0 Å². The molecule has 5 heteroatoms. The summed E-state index contributed by atoms with van der Waals surface area (Å²) in [6.07, 6.45) is 0.747. The number of aliphatic hydroxyl groups is 2.